The monoisotopic (exact) mass is 577 g/mol. The van der Waals surface area contributed by atoms with Crippen LogP contribution in [0.4, 0.5) is 5.82 Å². The Balaban J connectivity index is 1.47. The molecule has 1 amide bonds. The lowest BCUT2D eigenvalue weighted by molar-refractivity contribution is -0.142. The molecule has 1 aliphatic rings. The Labute approximate surface area is 226 Å². The molecular weight excluding hydrogens is 534 g/mol. The number of rotatable bonds is 14. The fourth-order valence-electron chi connectivity index (χ4n) is 4.69. The molecule has 2 aromatic rings. The molecule has 200 valence electrons. The van der Waals surface area contributed by atoms with E-state index in [9.17, 15) is 4.79 Å². The number of nitrogen functional groups attached to an aromatic ring is 1. The molecule has 0 bridgehead atoms. The van der Waals surface area contributed by atoms with Crippen LogP contribution in [0.1, 0.15) is 69.3 Å². The highest BCUT2D eigenvalue weighted by Gasteiger charge is 2.38. The van der Waals surface area contributed by atoms with Crippen LogP contribution in [0, 0.1) is 5.41 Å². The minimum atomic E-state index is -1.14. The van der Waals surface area contributed by atoms with Gasteiger partial charge in [0, 0.05) is 31.4 Å². The summed E-state index contributed by atoms with van der Waals surface area (Å²) in [4.78, 5) is 20.1. The Morgan fingerprint density at radius 2 is 1.94 bits per heavy atom. The number of carbonyl (C=O) groups is 1. The number of hydrogen-bond acceptors (Lipinski definition) is 5. The van der Waals surface area contributed by atoms with E-state index in [-0.39, 0.29) is 11.3 Å². The molecule has 0 aromatic carbocycles. The Morgan fingerprint density at radius 3 is 2.64 bits per heavy atom. The highest BCUT2D eigenvalue weighted by Crippen LogP contribution is 2.36. The maximum Gasteiger partial charge on any atom is 0.229 e. The fourth-order valence-corrected chi connectivity index (χ4v) is 5.83. The van der Waals surface area contributed by atoms with Crippen molar-refractivity contribution in [1.82, 2.24) is 19.7 Å². The van der Waals surface area contributed by atoms with Crippen LogP contribution in [-0.4, -0.2) is 40.3 Å². The quantitative estimate of drug-likeness (QED) is 0.160. The Morgan fingerprint density at radius 1 is 1.19 bits per heavy atom. The number of nitrogens with two attached hydrogens (primary N) is 1. The number of ether oxygens (including phenoxy) is 1. The summed E-state index contributed by atoms with van der Waals surface area (Å²) < 4.78 is 8.65. The zero-order valence-corrected chi connectivity index (χ0v) is 25.4. The fraction of sp³-hybridized carbons (Fsp3) is 0.667. The predicted molar refractivity (Wildman–Crippen MR) is 152 cm³/mol. The molecule has 0 saturated heterocycles. The van der Waals surface area contributed by atoms with Gasteiger partial charge in [0.2, 0.25) is 5.91 Å². The average molecular weight is 579 g/mol. The molecule has 9 heteroatoms. The molecular formula is C27H44BrN5O2Si. The molecule has 3 rings (SSSR count). The summed E-state index contributed by atoms with van der Waals surface area (Å²) in [6.07, 6.45) is 7.21. The van der Waals surface area contributed by atoms with Gasteiger partial charge in [0.05, 0.1) is 18.8 Å². The third-order valence-corrected chi connectivity index (χ3v) is 9.51. The topological polar surface area (TPSA) is 86.3 Å². The van der Waals surface area contributed by atoms with Gasteiger partial charge in [0.1, 0.15) is 11.3 Å². The summed E-state index contributed by atoms with van der Waals surface area (Å²) in [5.41, 5.74) is 9.01. The molecule has 1 atom stereocenters. The van der Waals surface area contributed by atoms with Crippen LogP contribution in [0.15, 0.2) is 22.8 Å². The number of hydrogen-bond donors (Lipinski definition) is 1. The highest BCUT2D eigenvalue weighted by atomic mass is 79.9. The number of aromatic nitrogens is 3. The predicted octanol–water partition coefficient (Wildman–Crippen LogP) is 6.39. The van der Waals surface area contributed by atoms with Crippen molar-refractivity contribution >= 4 is 35.7 Å². The molecule has 2 N–H and O–H groups in total. The van der Waals surface area contributed by atoms with Gasteiger partial charge in [0.15, 0.2) is 5.82 Å². The van der Waals surface area contributed by atoms with E-state index in [4.69, 9.17) is 10.5 Å². The van der Waals surface area contributed by atoms with Crippen LogP contribution in [0.25, 0.3) is 0 Å². The van der Waals surface area contributed by atoms with Crippen LogP contribution in [0.5, 0.6) is 0 Å². The number of pyridine rings is 1. The van der Waals surface area contributed by atoms with Crippen LogP contribution < -0.4 is 5.73 Å². The van der Waals surface area contributed by atoms with Gasteiger partial charge < -0.3 is 15.4 Å². The van der Waals surface area contributed by atoms with Crippen molar-refractivity contribution in [3.05, 3.63) is 39.8 Å². The van der Waals surface area contributed by atoms with E-state index in [2.05, 4.69) is 65.6 Å². The maximum atomic E-state index is 13.6. The van der Waals surface area contributed by atoms with E-state index < -0.39 is 8.07 Å². The van der Waals surface area contributed by atoms with Gasteiger partial charge in [-0.05, 0) is 59.8 Å². The summed E-state index contributed by atoms with van der Waals surface area (Å²) in [7, 11) is -1.14. The van der Waals surface area contributed by atoms with Gasteiger partial charge in [-0.15, -0.1) is 0 Å². The van der Waals surface area contributed by atoms with E-state index in [0.717, 1.165) is 79.2 Å². The molecule has 2 aromatic heterocycles. The molecule has 0 saturated carbocycles. The summed E-state index contributed by atoms with van der Waals surface area (Å²) in [5.74, 6) is 0.748. The number of anilines is 1. The average Bonchev–Trinajstić information content (AvgIpc) is 3.38. The minimum Gasteiger partial charge on any atom is -0.382 e. The third-order valence-electron chi connectivity index (χ3n) is 7.37. The lowest BCUT2D eigenvalue weighted by atomic mass is 9.80. The summed E-state index contributed by atoms with van der Waals surface area (Å²) in [6.45, 7) is 13.5. The molecule has 7 nitrogen and oxygen atoms in total. The van der Waals surface area contributed by atoms with Crippen molar-refractivity contribution in [3.63, 3.8) is 0 Å². The van der Waals surface area contributed by atoms with Gasteiger partial charge in [-0.1, -0.05) is 58.8 Å². The highest BCUT2D eigenvalue weighted by molar-refractivity contribution is 9.10. The minimum absolute atomic E-state index is 0.227. The second kappa shape index (κ2) is 12.7. The lowest BCUT2D eigenvalue weighted by Crippen LogP contribution is -2.39. The van der Waals surface area contributed by atoms with Gasteiger partial charge in [-0.25, -0.2) is 9.67 Å². The van der Waals surface area contributed by atoms with Gasteiger partial charge in [-0.2, -0.15) is 5.10 Å². The maximum absolute atomic E-state index is 13.6. The smallest absolute Gasteiger partial charge is 0.229 e. The molecule has 0 fully saturated rings. The second-order valence-electron chi connectivity index (χ2n) is 11.6. The van der Waals surface area contributed by atoms with Gasteiger partial charge in [-0.3, -0.25) is 4.79 Å². The van der Waals surface area contributed by atoms with Crippen LogP contribution in [0.2, 0.25) is 25.7 Å². The van der Waals surface area contributed by atoms with Crippen LogP contribution in [0.3, 0.4) is 0 Å². The van der Waals surface area contributed by atoms with Crippen LogP contribution >= 0.6 is 15.9 Å². The zero-order chi connectivity index (χ0) is 26.3. The number of fused-ring (bicyclic) bond motifs is 1. The summed E-state index contributed by atoms with van der Waals surface area (Å²) in [6, 6.07) is 7.19. The first-order valence-electron chi connectivity index (χ1n) is 13.3. The Hall–Kier alpha value is -1.71. The van der Waals surface area contributed by atoms with E-state index in [0.29, 0.717) is 25.6 Å². The first-order valence-corrected chi connectivity index (χ1v) is 17.8. The lowest BCUT2D eigenvalue weighted by Gasteiger charge is -2.32. The second-order valence-corrected chi connectivity index (χ2v) is 18.0. The molecule has 0 aliphatic carbocycles. The number of unbranched alkanes of at least 4 members (excludes halogenated alkanes) is 3. The number of halogens is 1. The third kappa shape index (κ3) is 7.89. The Bertz CT molecular complexity index is 1020. The van der Waals surface area contributed by atoms with Crippen molar-refractivity contribution in [2.75, 3.05) is 12.3 Å². The molecule has 36 heavy (non-hydrogen) atoms. The number of aryl methyl sites for hydroxylation is 1. The molecule has 0 radical (unpaired) electrons. The number of carbonyl (C=O) groups excluding carboxylic acids is 1. The molecule has 1 aliphatic heterocycles. The van der Waals surface area contributed by atoms with E-state index in [1.165, 1.54) is 0 Å². The van der Waals surface area contributed by atoms with Gasteiger partial charge in [0.25, 0.3) is 0 Å². The summed E-state index contributed by atoms with van der Waals surface area (Å²) in [5, 5.41) is 4.48. The zero-order valence-electron chi connectivity index (χ0n) is 22.8. The summed E-state index contributed by atoms with van der Waals surface area (Å²) >= 11 is 3.44. The first kappa shape index (κ1) is 28.9. The molecule has 1 unspecified atom stereocenters. The number of amides is 1. The van der Waals surface area contributed by atoms with E-state index in [1.807, 2.05) is 21.7 Å². The normalized spacial score (nSPS) is 15.2. The van der Waals surface area contributed by atoms with Crippen molar-refractivity contribution in [2.24, 2.45) is 5.41 Å². The SMILES string of the molecule is CCC(C)(CCCCCCc1cccc(Br)n1)C(=O)N1Cc2c(N)nn(COCC[Si](C)(C)C)c2C1. The standard InChI is InChI=1S/C27H44BrN5O2Si/c1-6-27(2,15-10-8-7-9-12-21-13-11-14-24(28)30-21)26(34)32-18-22-23(19-32)33(31-25(22)29)20-35-16-17-36(3,4)5/h11,13-14H,6-10,12,15-20H2,1-5H3,(H2,29,31). The van der Waals surface area contributed by atoms with E-state index in [1.54, 1.807) is 0 Å². The first-order chi connectivity index (χ1) is 17.0. The molecule has 3 heterocycles. The van der Waals surface area contributed by atoms with Crippen molar-refractivity contribution in [2.45, 2.75) is 104 Å². The van der Waals surface area contributed by atoms with Crippen molar-refractivity contribution < 1.29 is 9.53 Å². The van der Waals surface area contributed by atoms with Gasteiger partial charge >= 0.3 is 0 Å². The van der Waals surface area contributed by atoms with E-state index >= 15 is 0 Å². The van der Waals surface area contributed by atoms with Crippen molar-refractivity contribution in [3.8, 4) is 0 Å². The molecule has 0 spiro atoms. The van der Waals surface area contributed by atoms with Crippen molar-refractivity contribution in [1.29, 1.82) is 0 Å². The van der Waals surface area contributed by atoms with Crippen LogP contribution in [-0.2, 0) is 35.8 Å². The number of nitrogens with zero attached hydrogens (tertiary/aromatic N) is 4. The largest absolute Gasteiger partial charge is 0.382 e. The Kier molecular flexibility index (Phi) is 10.2.